The Kier molecular flexibility index (Phi) is 6.92. The highest BCUT2D eigenvalue weighted by molar-refractivity contribution is 9.10. The lowest BCUT2D eigenvalue weighted by molar-refractivity contribution is -0.140. The van der Waals surface area contributed by atoms with Crippen LogP contribution in [0.15, 0.2) is 57.1 Å². The highest BCUT2D eigenvalue weighted by atomic mass is 79.9. The van der Waals surface area contributed by atoms with Gasteiger partial charge in [-0.05, 0) is 43.2 Å². The Hall–Kier alpha value is -2.54. The molecule has 3 rings (SSSR count). The van der Waals surface area contributed by atoms with Crippen molar-refractivity contribution < 1.29 is 9.53 Å². The number of nitrogens with zero attached hydrogens (tertiary/aromatic N) is 3. The maximum Gasteiger partial charge on any atom is 0.305 e. The Morgan fingerprint density at radius 3 is 2.89 bits per heavy atom. The zero-order valence-electron chi connectivity index (χ0n) is 16.0. The first-order chi connectivity index (χ1) is 13.6. The number of aromatic nitrogens is 1. The molecule has 28 heavy (non-hydrogen) atoms. The zero-order chi connectivity index (χ0) is 19.9. The predicted molar refractivity (Wildman–Crippen MR) is 115 cm³/mol. The monoisotopic (exact) mass is 442 g/mol. The average Bonchev–Trinajstić information content (AvgIpc) is 2.87. The lowest BCUT2D eigenvalue weighted by Crippen LogP contribution is -2.27. The SMILES string of the molecule is CCCN=C1Nc2ccc(Br)cc2C(c2ccccn2)=NC1CCC(=O)OC. The van der Waals surface area contributed by atoms with Gasteiger partial charge in [0.1, 0.15) is 11.9 Å². The fourth-order valence-electron chi connectivity index (χ4n) is 2.97. The van der Waals surface area contributed by atoms with Crippen LogP contribution in [0.5, 0.6) is 0 Å². The molecule has 1 aromatic heterocycles. The van der Waals surface area contributed by atoms with Crippen LogP contribution in [0.3, 0.4) is 0 Å². The van der Waals surface area contributed by atoms with Gasteiger partial charge >= 0.3 is 5.97 Å². The smallest absolute Gasteiger partial charge is 0.305 e. The summed E-state index contributed by atoms with van der Waals surface area (Å²) in [6.07, 6.45) is 3.46. The molecule has 2 aromatic rings. The summed E-state index contributed by atoms with van der Waals surface area (Å²) >= 11 is 3.55. The highest BCUT2D eigenvalue weighted by Crippen LogP contribution is 2.28. The number of anilines is 1. The zero-order valence-corrected chi connectivity index (χ0v) is 17.6. The minimum absolute atomic E-state index is 0.256. The van der Waals surface area contributed by atoms with Crippen LogP contribution in [-0.4, -0.2) is 42.2 Å². The number of pyridine rings is 1. The van der Waals surface area contributed by atoms with Crippen molar-refractivity contribution in [3.63, 3.8) is 0 Å². The number of esters is 1. The first kappa shape index (κ1) is 20.2. The highest BCUT2D eigenvalue weighted by Gasteiger charge is 2.25. The third kappa shape index (κ3) is 4.84. The van der Waals surface area contributed by atoms with Crippen LogP contribution in [0, 0.1) is 0 Å². The Bertz CT molecular complexity index is 897. The molecule has 2 heterocycles. The van der Waals surface area contributed by atoms with Gasteiger partial charge in [0.25, 0.3) is 0 Å². The standard InChI is InChI=1S/C21H23BrN4O2/c1-3-11-24-21-18(9-10-19(27)28-2)25-20(17-6-4-5-12-23-17)15-13-14(22)7-8-16(15)26-21/h4-8,12-13,18H,3,9-11H2,1-2H3,(H,24,26). The Balaban J connectivity index is 2.10. The number of rotatable bonds is 6. The number of ether oxygens (including phenoxy) is 1. The molecule has 0 spiro atoms. The van der Waals surface area contributed by atoms with Gasteiger partial charge in [-0.3, -0.25) is 19.8 Å². The molecule has 1 aliphatic rings. The van der Waals surface area contributed by atoms with Crippen molar-refractivity contribution >= 4 is 39.1 Å². The summed E-state index contributed by atoms with van der Waals surface area (Å²) in [7, 11) is 1.40. The minimum Gasteiger partial charge on any atom is -0.469 e. The second kappa shape index (κ2) is 9.59. The first-order valence-corrected chi connectivity index (χ1v) is 10.1. The molecule has 146 valence electrons. The molecule has 0 saturated heterocycles. The summed E-state index contributed by atoms with van der Waals surface area (Å²) in [6.45, 7) is 2.77. The number of methoxy groups -OCH3 is 1. The van der Waals surface area contributed by atoms with Gasteiger partial charge in [-0.2, -0.15) is 0 Å². The molecule has 0 saturated carbocycles. The molecule has 0 fully saturated rings. The number of hydrogen-bond acceptors (Lipinski definition) is 5. The van der Waals surface area contributed by atoms with E-state index in [1.165, 1.54) is 7.11 Å². The average molecular weight is 443 g/mol. The molecular weight excluding hydrogens is 420 g/mol. The number of fused-ring (bicyclic) bond motifs is 1. The van der Waals surface area contributed by atoms with Crippen molar-refractivity contribution in [3.05, 3.63) is 58.3 Å². The van der Waals surface area contributed by atoms with E-state index in [0.717, 1.165) is 39.4 Å². The van der Waals surface area contributed by atoms with Gasteiger partial charge in [0.2, 0.25) is 0 Å². The van der Waals surface area contributed by atoms with Crippen LogP contribution in [0.1, 0.15) is 37.4 Å². The minimum atomic E-state index is -0.283. The van der Waals surface area contributed by atoms with E-state index < -0.39 is 0 Å². The number of carbonyl (C=O) groups is 1. The largest absolute Gasteiger partial charge is 0.469 e. The lowest BCUT2D eigenvalue weighted by Gasteiger charge is -2.15. The third-order valence-corrected chi connectivity index (χ3v) is 4.86. The maximum atomic E-state index is 11.7. The fourth-order valence-corrected chi connectivity index (χ4v) is 3.33. The second-order valence-electron chi connectivity index (χ2n) is 6.41. The summed E-state index contributed by atoms with van der Waals surface area (Å²) in [5.41, 5.74) is 3.42. The van der Waals surface area contributed by atoms with E-state index >= 15 is 0 Å². The van der Waals surface area contributed by atoms with Crippen LogP contribution in [-0.2, 0) is 9.53 Å². The van der Waals surface area contributed by atoms with Gasteiger partial charge in [-0.15, -0.1) is 0 Å². The molecule has 0 aliphatic carbocycles. The molecule has 0 bridgehead atoms. The molecule has 1 N–H and O–H groups in total. The number of benzodiazepines with no additional fused rings is 1. The molecule has 1 unspecified atom stereocenters. The van der Waals surface area contributed by atoms with E-state index in [9.17, 15) is 4.79 Å². The molecule has 0 amide bonds. The van der Waals surface area contributed by atoms with Gasteiger partial charge in [-0.1, -0.05) is 28.9 Å². The van der Waals surface area contributed by atoms with E-state index in [2.05, 4.69) is 33.2 Å². The molecule has 1 aromatic carbocycles. The van der Waals surface area contributed by atoms with Gasteiger partial charge in [0.05, 0.1) is 18.5 Å². The number of aliphatic imine (C=N–C) groups is 2. The van der Waals surface area contributed by atoms with Crippen LogP contribution in [0.4, 0.5) is 5.69 Å². The summed E-state index contributed by atoms with van der Waals surface area (Å²) in [6, 6.07) is 11.5. The van der Waals surface area contributed by atoms with Crippen LogP contribution < -0.4 is 5.32 Å². The van der Waals surface area contributed by atoms with Gasteiger partial charge in [0.15, 0.2) is 0 Å². The third-order valence-electron chi connectivity index (χ3n) is 4.36. The number of hydrogen-bond donors (Lipinski definition) is 1. The van der Waals surface area contributed by atoms with Crippen molar-refractivity contribution in [2.24, 2.45) is 9.98 Å². The van der Waals surface area contributed by atoms with Crippen molar-refractivity contribution in [2.75, 3.05) is 19.0 Å². The molecule has 7 heteroatoms. The van der Waals surface area contributed by atoms with E-state index in [1.807, 2.05) is 36.4 Å². The molecular formula is C21H23BrN4O2. The molecule has 6 nitrogen and oxygen atoms in total. The number of halogens is 1. The quantitative estimate of drug-likeness (QED) is 0.678. The Morgan fingerprint density at radius 2 is 2.18 bits per heavy atom. The molecule has 1 aliphatic heterocycles. The Labute approximate surface area is 173 Å². The van der Waals surface area contributed by atoms with Gasteiger partial charge < -0.3 is 10.1 Å². The second-order valence-corrected chi connectivity index (χ2v) is 7.32. The van der Waals surface area contributed by atoms with Crippen molar-refractivity contribution in [3.8, 4) is 0 Å². The summed E-state index contributed by atoms with van der Waals surface area (Å²) in [4.78, 5) is 25.9. The predicted octanol–water partition coefficient (Wildman–Crippen LogP) is 4.24. The van der Waals surface area contributed by atoms with Crippen LogP contribution >= 0.6 is 15.9 Å². The number of nitrogens with one attached hydrogen (secondary N) is 1. The maximum absolute atomic E-state index is 11.7. The number of benzene rings is 1. The van der Waals surface area contributed by atoms with Crippen molar-refractivity contribution in [1.82, 2.24) is 4.98 Å². The van der Waals surface area contributed by atoms with Crippen molar-refractivity contribution in [1.29, 1.82) is 0 Å². The summed E-state index contributed by atoms with van der Waals surface area (Å²) in [5, 5.41) is 3.45. The van der Waals surface area contributed by atoms with E-state index in [4.69, 9.17) is 14.7 Å². The Morgan fingerprint density at radius 1 is 1.32 bits per heavy atom. The topological polar surface area (TPSA) is 75.9 Å². The normalized spacial score (nSPS) is 17.3. The number of amidine groups is 1. The molecule has 0 radical (unpaired) electrons. The summed E-state index contributed by atoms with van der Waals surface area (Å²) < 4.78 is 5.77. The summed E-state index contributed by atoms with van der Waals surface area (Å²) in [5.74, 6) is 0.509. The van der Waals surface area contributed by atoms with Crippen molar-refractivity contribution in [2.45, 2.75) is 32.2 Å². The number of carbonyl (C=O) groups excluding carboxylic acids is 1. The van der Waals surface area contributed by atoms with E-state index in [0.29, 0.717) is 13.0 Å². The van der Waals surface area contributed by atoms with Gasteiger partial charge in [-0.25, -0.2) is 0 Å². The fraction of sp³-hybridized carbons (Fsp3) is 0.333. The lowest BCUT2D eigenvalue weighted by atomic mass is 10.0. The van der Waals surface area contributed by atoms with E-state index in [1.54, 1.807) is 6.20 Å². The first-order valence-electron chi connectivity index (χ1n) is 9.29. The van der Waals surface area contributed by atoms with Crippen LogP contribution in [0.2, 0.25) is 0 Å². The molecule has 1 atom stereocenters. The van der Waals surface area contributed by atoms with Crippen LogP contribution in [0.25, 0.3) is 0 Å². The van der Waals surface area contributed by atoms with E-state index in [-0.39, 0.29) is 18.4 Å². The van der Waals surface area contributed by atoms with Gasteiger partial charge in [0, 0.05) is 34.9 Å².